The highest BCUT2D eigenvalue weighted by atomic mass is 32.1. The van der Waals surface area contributed by atoms with Gasteiger partial charge in [0.05, 0.1) is 17.7 Å². The van der Waals surface area contributed by atoms with Crippen LogP contribution in [-0.4, -0.2) is 25.2 Å². The Morgan fingerprint density at radius 3 is 2.35 bits per heavy atom. The third-order valence-electron chi connectivity index (χ3n) is 2.23. The van der Waals surface area contributed by atoms with Crippen molar-refractivity contribution in [2.75, 3.05) is 12.5 Å². The van der Waals surface area contributed by atoms with E-state index in [1.807, 2.05) is 20.8 Å². The smallest absolute Gasteiger partial charge is 0.465 e. The van der Waals surface area contributed by atoms with Crippen LogP contribution in [-0.2, 0) is 9.53 Å². The van der Waals surface area contributed by atoms with Crippen molar-refractivity contribution >= 4 is 28.9 Å². The van der Waals surface area contributed by atoms with Gasteiger partial charge in [0.2, 0.25) is 0 Å². The molecule has 0 atom stereocenters. The molecule has 0 radical (unpaired) electrons. The molecule has 0 saturated carbocycles. The first-order chi connectivity index (χ1) is 10.4. The number of rotatable bonds is 3. The quantitative estimate of drug-likeness (QED) is 0.501. The number of hydrogen-bond donors (Lipinski definition) is 2. The van der Waals surface area contributed by atoms with Gasteiger partial charge in [-0.05, 0) is 26.8 Å². The number of amides is 1. The maximum absolute atomic E-state index is 12.2. The summed E-state index contributed by atoms with van der Waals surface area (Å²) in [6, 6.07) is 1.37. The lowest BCUT2D eigenvalue weighted by Crippen LogP contribution is -2.40. The molecule has 0 fully saturated rings. The minimum Gasteiger partial charge on any atom is -0.465 e. The molecule has 1 aromatic heterocycles. The standard InChI is InChI=1S/C14H15F3N2O3S/c1-13(2,3)6-5-8-7-9(10(23-8)11(20)22-4)18-19-12(21)14(15,16)17/h7,18H,1-4H3,(H,19,21). The Morgan fingerprint density at radius 2 is 1.87 bits per heavy atom. The molecule has 1 amide bonds. The average molecular weight is 348 g/mol. The molecule has 9 heteroatoms. The Morgan fingerprint density at radius 1 is 1.26 bits per heavy atom. The number of hydrogen-bond acceptors (Lipinski definition) is 5. The number of nitrogens with one attached hydrogen (secondary N) is 2. The zero-order chi connectivity index (χ0) is 17.8. The molecular formula is C14H15F3N2O3S. The first-order valence-electron chi connectivity index (χ1n) is 6.32. The van der Waals surface area contributed by atoms with Gasteiger partial charge in [-0.2, -0.15) is 13.2 Å². The predicted octanol–water partition coefficient (Wildman–Crippen LogP) is 2.94. The summed E-state index contributed by atoms with van der Waals surface area (Å²) in [5, 5.41) is 0. The summed E-state index contributed by atoms with van der Waals surface area (Å²) in [5.74, 6) is 2.84. The van der Waals surface area contributed by atoms with Crippen molar-refractivity contribution in [2.24, 2.45) is 5.41 Å². The molecule has 23 heavy (non-hydrogen) atoms. The fraction of sp³-hybridized carbons (Fsp3) is 0.429. The first kappa shape index (κ1) is 18.8. The minimum absolute atomic E-state index is 0.00758. The zero-order valence-electron chi connectivity index (χ0n) is 12.8. The van der Waals surface area contributed by atoms with Gasteiger partial charge in [-0.25, -0.2) is 4.79 Å². The molecule has 0 aromatic carbocycles. The van der Waals surface area contributed by atoms with Crippen molar-refractivity contribution < 1.29 is 27.5 Å². The van der Waals surface area contributed by atoms with E-state index in [0.717, 1.165) is 18.4 Å². The lowest BCUT2D eigenvalue weighted by Gasteiger charge is -2.10. The van der Waals surface area contributed by atoms with E-state index >= 15 is 0 Å². The Kier molecular flexibility index (Phi) is 5.66. The minimum atomic E-state index is -5.04. The van der Waals surface area contributed by atoms with E-state index in [4.69, 9.17) is 0 Å². The second-order valence-electron chi connectivity index (χ2n) is 5.42. The van der Waals surface area contributed by atoms with Crippen LogP contribution in [0.1, 0.15) is 35.3 Å². The maximum Gasteiger partial charge on any atom is 0.472 e. The number of ether oxygens (including phenoxy) is 1. The summed E-state index contributed by atoms with van der Waals surface area (Å²) in [5.41, 5.74) is 3.26. The summed E-state index contributed by atoms with van der Waals surface area (Å²) in [6.45, 7) is 5.66. The number of hydrazine groups is 1. The molecule has 0 bridgehead atoms. The van der Waals surface area contributed by atoms with E-state index < -0.39 is 18.1 Å². The molecule has 2 N–H and O–H groups in total. The highest BCUT2D eigenvalue weighted by Gasteiger charge is 2.38. The average Bonchev–Trinajstić information content (AvgIpc) is 2.83. The van der Waals surface area contributed by atoms with Crippen molar-refractivity contribution in [1.29, 1.82) is 0 Å². The van der Waals surface area contributed by atoms with Gasteiger partial charge < -0.3 is 4.74 Å². The van der Waals surface area contributed by atoms with Gasteiger partial charge in [-0.15, -0.1) is 11.3 Å². The van der Waals surface area contributed by atoms with Crippen LogP contribution in [0.2, 0.25) is 0 Å². The molecular weight excluding hydrogens is 333 g/mol. The summed E-state index contributed by atoms with van der Waals surface area (Å²) >= 11 is 0.949. The highest BCUT2D eigenvalue weighted by Crippen LogP contribution is 2.28. The summed E-state index contributed by atoms with van der Waals surface area (Å²) in [4.78, 5) is 22.9. The number of methoxy groups -OCH3 is 1. The molecule has 1 rings (SSSR count). The monoisotopic (exact) mass is 348 g/mol. The molecule has 126 valence electrons. The number of esters is 1. The third-order valence-corrected chi connectivity index (χ3v) is 3.26. The van der Waals surface area contributed by atoms with Gasteiger partial charge >= 0.3 is 18.1 Å². The molecule has 0 aliphatic rings. The maximum atomic E-state index is 12.2. The molecule has 0 unspecified atom stereocenters. The number of anilines is 1. The van der Waals surface area contributed by atoms with Crippen LogP contribution in [0.5, 0.6) is 0 Å². The van der Waals surface area contributed by atoms with E-state index in [2.05, 4.69) is 22.0 Å². The van der Waals surface area contributed by atoms with Gasteiger partial charge in [-0.1, -0.05) is 11.8 Å². The van der Waals surface area contributed by atoms with Crippen molar-refractivity contribution in [3.05, 3.63) is 15.8 Å². The van der Waals surface area contributed by atoms with E-state index in [-0.39, 0.29) is 16.0 Å². The lowest BCUT2D eigenvalue weighted by atomic mass is 9.98. The Bertz CT molecular complexity index is 664. The molecule has 0 aliphatic carbocycles. The number of halogens is 3. The summed E-state index contributed by atoms with van der Waals surface area (Å²) in [6.07, 6.45) is -5.04. The molecule has 0 spiro atoms. The van der Waals surface area contributed by atoms with Crippen LogP contribution in [0.4, 0.5) is 18.9 Å². The molecule has 1 aromatic rings. The second-order valence-corrected chi connectivity index (χ2v) is 6.47. The van der Waals surface area contributed by atoms with Gasteiger partial charge in [0, 0.05) is 5.41 Å². The predicted molar refractivity (Wildman–Crippen MR) is 79.8 cm³/mol. The zero-order valence-corrected chi connectivity index (χ0v) is 13.7. The second kappa shape index (κ2) is 6.91. The van der Waals surface area contributed by atoms with Crippen LogP contribution >= 0.6 is 11.3 Å². The largest absolute Gasteiger partial charge is 0.472 e. The van der Waals surface area contributed by atoms with Crippen molar-refractivity contribution in [3.63, 3.8) is 0 Å². The number of alkyl halides is 3. The summed E-state index contributed by atoms with van der Waals surface area (Å²) < 4.78 is 41.1. The Hall–Kier alpha value is -2.21. The number of carbonyl (C=O) groups excluding carboxylic acids is 2. The SMILES string of the molecule is COC(=O)c1sc(C#CC(C)(C)C)cc1NNC(=O)C(F)(F)F. The Balaban J connectivity index is 3.04. The normalized spacial score (nSPS) is 11.3. The lowest BCUT2D eigenvalue weighted by molar-refractivity contribution is -0.173. The van der Waals surface area contributed by atoms with Crippen LogP contribution < -0.4 is 10.9 Å². The molecule has 0 aliphatic heterocycles. The van der Waals surface area contributed by atoms with Crippen molar-refractivity contribution in [3.8, 4) is 11.8 Å². The fourth-order valence-electron chi connectivity index (χ4n) is 1.23. The topological polar surface area (TPSA) is 67.4 Å². The number of carbonyl (C=O) groups is 2. The third kappa shape index (κ3) is 5.83. The van der Waals surface area contributed by atoms with Crippen molar-refractivity contribution in [2.45, 2.75) is 26.9 Å². The highest BCUT2D eigenvalue weighted by molar-refractivity contribution is 7.15. The van der Waals surface area contributed by atoms with Crippen LogP contribution in [0, 0.1) is 17.3 Å². The van der Waals surface area contributed by atoms with Crippen LogP contribution in [0.3, 0.4) is 0 Å². The van der Waals surface area contributed by atoms with Crippen LogP contribution in [0.15, 0.2) is 6.07 Å². The van der Waals surface area contributed by atoms with Gasteiger partial charge in [0.1, 0.15) is 4.88 Å². The van der Waals surface area contributed by atoms with E-state index in [1.54, 1.807) is 0 Å². The molecule has 5 nitrogen and oxygen atoms in total. The first-order valence-corrected chi connectivity index (χ1v) is 7.14. The summed E-state index contributed by atoms with van der Waals surface area (Å²) in [7, 11) is 1.14. The fourth-order valence-corrected chi connectivity index (χ4v) is 2.12. The molecule has 0 saturated heterocycles. The van der Waals surface area contributed by atoms with E-state index in [1.165, 1.54) is 11.5 Å². The number of thiophene rings is 1. The molecule has 1 heterocycles. The van der Waals surface area contributed by atoms with Gasteiger partial charge in [0.15, 0.2) is 0 Å². The van der Waals surface area contributed by atoms with Crippen molar-refractivity contribution in [1.82, 2.24) is 5.43 Å². The van der Waals surface area contributed by atoms with Gasteiger partial charge in [0.25, 0.3) is 0 Å². The van der Waals surface area contributed by atoms with Gasteiger partial charge in [-0.3, -0.25) is 15.6 Å². The van der Waals surface area contributed by atoms with E-state index in [0.29, 0.717) is 4.88 Å². The van der Waals surface area contributed by atoms with E-state index in [9.17, 15) is 22.8 Å². The Labute approximate surface area is 135 Å². The van der Waals surface area contributed by atoms with Crippen LogP contribution in [0.25, 0.3) is 0 Å².